The average Bonchev–Trinajstić information content (AvgIpc) is 2.47. The van der Waals surface area contributed by atoms with Gasteiger partial charge in [-0.1, -0.05) is 30.3 Å². The minimum absolute atomic E-state index is 0.215. The lowest BCUT2D eigenvalue weighted by atomic mass is 10.1. The SMILES string of the molecule is COc1ccccc1[C@@H](C)NS(=O)(=O)c1ccccc1Br. The first-order chi connectivity index (χ1) is 9.95. The van der Waals surface area contributed by atoms with E-state index in [0.29, 0.717) is 10.2 Å². The van der Waals surface area contributed by atoms with Crippen molar-refractivity contribution in [3.8, 4) is 5.75 Å². The van der Waals surface area contributed by atoms with Crippen molar-refractivity contribution in [1.29, 1.82) is 0 Å². The third-order valence-corrected chi connectivity index (χ3v) is 5.62. The van der Waals surface area contributed by atoms with Crippen molar-refractivity contribution in [1.82, 2.24) is 4.72 Å². The monoisotopic (exact) mass is 369 g/mol. The molecular weight excluding hydrogens is 354 g/mol. The van der Waals surface area contributed by atoms with E-state index >= 15 is 0 Å². The number of sulfonamides is 1. The van der Waals surface area contributed by atoms with Gasteiger partial charge in [0, 0.05) is 16.1 Å². The number of hydrogen-bond donors (Lipinski definition) is 1. The molecule has 0 aliphatic heterocycles. The van der Waals surface area contributed by atoms with Crippen molar-refractivity contribution in [2.75, 3.05) is 7.11 Å². The molecule has 0 unspecified atom stereocenters. The molecule has 0 bridgehead atoms. The van der Waals surface area contributed by atoms with Gasteiger partial charge in [-0.15, -0.1) is 0 Å². The van der Waals surface area contributed by atoms with Gasteiger partial charge in [-0.2, -0.15) is 0 Å². The standard InChI is InChI=1S/C15H16BrNO3S/c1-11(12-7-3-5-9-14(12)20-2)17-21(18,19)15-10-6-4-8-13(15)16/h3-11,17H,1-2H3/t11-/m1/s1. The quantitative estimate of drug-likeness (QED) is 0.877. The molecule has 0 aromatic heterocycles. The molecule has 1 atom stereocenters. The summed E-state index contributed by atoms with van der Waals surface area (Å²) in [4.78, 5) is 0.215. The zero-order valence-electron chi connectivity index (χ0n) is 11.7. The van der Waals surface area contributed by atoms with E-state index in [4.69, 9.17) is 4.74 Å². The van der Waals surface area contributed by atoms with Crippen molar-refractivity contribution in [3.05, 3.63) is 58.6 Å². The molecule has 0 radical (unpaired) electrons. The summed E-state index contributed by atoms with van der Waals surface area (Å²) in [5.41, 5.74) is 0.788. The van der Waals surface area contributed by atoms with Crippen molar-refractivity contribution >= 4 is 26.0 Å². The molecule has 1 N–H and O–H groups in total. The van der Waals surface area contributed by atoms with Crippen LogP contribution in [-0.4, -0.2) is 15.5 Å². The van der Waals surface area contributed by atoms with E-state index in [1.165, 1.54) is 0 Å². The van der Waals surface area contributed by atoms with E-state index in [9.17, 15) is 8.42 Å². The number of methoxy groups -OCH3 is 1. The summed E-state index contributed by atoms with van der Waals surface area (Å²) in [7, 11) is -2.05. The van der Waals surface area contributed by atoms with Gasteiger partial charge in [0.25, 0.3) is 0 Å². The molecule has 2 aromatic carbocycles. The van der Waals surface area contributed by atoms with Gasteiger partial charge in [0.2, 0.25) is 10.0 Å². The Labute approximate surface area is 133 Å². The van der Waals surface area contributed by atoms with Gasteiger partial charge in [0.15, 0.2) is 0 Å². The fourth-order valence-electron chi connectivity index (χ4n) is 2.05. The molecule has 2 aromatic rings. The highest BCUT2D eigenvalue weighted by Gasteiger charge is 2.22. The Bertz CT molecular complexity index is 731. The molecule has 0 saturated heterocycles. The molecule has 4 nitrogen and oxygen atoms in total. The summed E-state index contributed by atoms with van der Waals surface area (Å²) in [5.74, 6) is 0.653. The zero-order valence-corrected chi connectivity index (χ0v) is 14.1. The van der Waals surface area contributed by atoms with E-state index in [1.807, 2.05) is 18.2 Å². The molecule has 0 fully saturated rings. The molecular formula is C15H16BrNO3S. The molecule has 21 heavy (non-hydrogen) atoms. The van der Waals surface area contributed by atoms with Crippen LogP contribution in [0, 0.1) is 0 Å². The summed E-state index contributed by atoms with van der Waals surface area (Å²) in [6.07, 6.45) is 0. The molecule has 2 rings (SSSR count). The lowest BCUT2D eigenvalue weighted by molar-refractivity contribution is 0.405. The molecule has 0 saturated carbocycles. The predicted molar refractivity (Wildman–Crippen MR) is 85.9 cm³/mol. The molecule has 0 heterocycles. The van der Waals surface area contributed by atoms with E-state index in [2.05, 4.69) is 20.7 Å². The lowest BCUT2D eigenvalue weighted by Crippen LogP contribution is -2.27. The van der Waals surface area contributed by atoms with Crippen LogP contribution in [0.4, 0.5) is 0 Å². The van der Waals surface area contributed by atoms with Crippen LogP contribution in [-0.2, 0) is 10.0 Å². The highest BCUT2D eigenvalue weighted by molar-refractivity contribution is 9.10. The second kappa shape index (κ2) is 6.60. The predicted octanol–water partition coefficient (Wildman–Crippen LogP) is 3.50. The number of halogens is 1. The summed E-state index contributed by atoms with van der Waals surface area (Å²) >= 11 is 3.26. The Morgan fingerprint density at radius 2 is 1.71 bits per heavy atom. The number of hydrogen-bond acceptors (Lipinski definition) is 3. The smallest absolute Gasteiger partial charge is 0.242 e. The van der Waals surface area contributed by atoms with Crippen LogP contribution in [0.2, 0.25) is 0 Å². The second-order valence-electron chi connectivity index (χ2n) is 4.52. The van der Waals surface area contributed by atoms with Crippen LogP contribution in [0.5, 0.6) is 5.75 Å². The maximum atomic E-state index is 12.5. The van der Waals surface area contributed by atoms with Crippen molar-refractivity contribution in [3.63, 3.8) is 0 Å². The van der Waals surface area contributed by atoms with Crippen molar-refractivity contribution in [2.24, 2.45) is 0 Å². The first-order valence-corrected chi connectivity index (χ1v) is 8.63. The highest BCUT2D eigenvalue weighted by Crippen LogP contribution is 2.27. The van der Waals surface area contributed by atoms with Crippen molar-refractivity contribution in [2.45, 2.75) is 17.9 Å². The maximum Gasteiger partial charge on any atom is 0.242 e. The average molecular weight is 370 g/mol. The minimum Gasteiger partial charge on any atom is -0.496 e. The van der Waals surface area contributed by atoms with E-state index in [0.717, 1.165) is 5.56 Å². The van der Waals surface area contributed by atoms with Gasteiger partial charge in [-0.25, -0.2) is 13.1 Å². The molecule has 0 aliphatic carbocycles. The van der Waals surface area contributed by atoms with Crippen LogP contribution in [0.15, 0.2) is 57.9 Å². The van der Waals surface area contributed by atoms with E-state index in [-0.39, 0.29) is 4.90 Å². The van der Waals surface area contributed by atoms with Crippen LogP contribution in [0.25, 0.3) is 0 Å². The van der Waals surface area contributed by atoms with Crippen LogP contribution in [0.3, 0.4) is 0 Å². The maximum absolute atomic E-state index is 12.5. The third-order valence-electron chi connectivity index (χ3n) is 3.06. The number of benzene rings is 2. The number of ether oxygens (including phenoxy) is 1. The fraction of sp³-hybridized carbons (Fsp3) is 0.200. The Morgan fingerprint density at radius 1 is 1.10 bits per heavy atom. The molecule has 0 aliphatic rings. The number of nitrogens with one attached hydrogen (secondary N) is 1. The topological polar surface area (TPSA) is 55.4 Å². The summed E-state index contributed by atoms with van der Waals surface area (Å²) in [6.45, 7) is 1.78. The van der Waals surface area contributed by atoms with Crippen LogP contribution in [0.1, 0.15) is 18.5 Å². The summed E-state index contributed by atoms with van der Waals surface area (Å²) in [6, 6.07) is 13.6. The molecule has 0 amide bonds. The second-order valence-corrected chi connectivity index (χ2v) is 7.05. The van der Waals surface area contributed by atoms with Crippen LogP contribution < -0.4 is 9.46 Å². The highest BCUT2D eigenvalue weighted by atomic mass is 79.9. The Hall–Kier alpha value is -1.37. The van der Waals surface area contributed by atoms with Gasteiger partial charge >= 0.3 is 0 Å². The Balaban J connectivity index is 2.31. The van der Waals surface area contributed by atoms with Gasteiger partial charge in [0.05, 0.1) is 12.0 Å². The third kappa shape index (κ3) is 3.64. The number of para-hydroxylation sites is 1. The molecule has 112 valence electrons. The summed E-state index contributed by atoms with van der Waals surface area (Å²) < 4.78 is 33.4. The molecule has 6 heteroatoms. The normalized spacial score (nSPS) is 12.9. The van der Waals surface area contributed by atoms with E-state index < -0.39 is 16.1 Å². The van der Waals surface area contributed by atoms with Gasteiger partial charge in [-0.05, 0) is 41.1 Å². The number of rotatable bonds is 5. The van der Waals surface area contributed by atoms with Gasteiger partial charge < -0.3 is 4.74 Å². The Morgan fingerprint density at radius 3 is 2.38 bits per heavy atom. The molecule has 0 spiro atoms. The fourth-order valence-corrected chi connectivity index (χ4v) is 4.27. The first-order valence-electron chi connectivity index (χ1n) is 6.35. The first kappa shape index (κ1) is 16.0. The minimum atomic E-state index is -3.62. The lowest BCUT2D eigenvalue weighted by Gasteiger charge is -2.17. The largest absolute Gasteiger partial charge is 0.496 e. The van der Waals surface area contributed by atoms with Crippen LogP contribution >= 0.6 is 15.9 Å². The zero-order chi connectivity index (χ0) is 15.5. The van der Waals surface area contributed by atoms with E-state index in [1.54, 1.807) is 44.4 Å². The van der Waals surface area contributed by atoms with Gasteiger partial charge in [0.1, 0.15) is 5.75 Å². The van der Waals surface area contributed by atoms with Gasteiger partial charge in [-0.3, -0.25) is 0 Å². The summed E-state index contributed by atoms with van der Waals surface area (Å²) in [5, 5.41) is 0. The van der Waals surface area contributed by atoms with Crippen molar-refractivity contribution < 1.29 is 13.2 Å². The Kier molecular flexibility index (Phi) is 5.03.